The van der Waals surface area contributed by atoms with Gasteiger partial charge >= 0.3 is 0 Å². The van der Waals surface area contributed by atoms with E-state index in [1.165, 1.54) is 0 Å². The molecule has 7 heteroatoms. The van der Waals surface area contributed by atoms with E-state index >= 15 is 0 Å². The zero-order valence-electron chi connectivity index (χ0n) is 14.2. The van der Waals surface area contributed by atoms with Gasteiger partial charge < -0.3 is 5.32 Å². The molecule has 0 bridgehead atoms. The first-order valence-electron chi connectivity index (χ1n) is 7.92. The summed E-state index contributed by atoms with van der Waals surface area (Å²) in [4.78, 5) is 12.1. The maximum atomic E-state index is 12.1. The number of rotatable bonds is 5. The van der Waals surface area contributed by atoms with Crippen molar-refractivity contribution in [1.29, 1.82) is 0 Å². The second-order valence-electron chi connectivity index (χ2n) is 5.95. The number of aromatic nitrogens is 2. The molecule has 2 aromatic rings. The molecule has 0 aliphatic carbocycles. The minimum atomic E-state index is -0.244. The summed E-state index contributed by atoms with van der Waals surface area (Å²) in [6.07, 6.45) is 2.76. The standard InChI is InChI=1S/C17H23N5OS/c1-12(2)8-10-18-17(24)21-20-16(23)14-4-6-15(7-5-14)22-13(3)9-11-19-22/h4-7,9,11-12H,8,10H2,1-3H3,(H,20,23)(H2,18,21,24). The van der Waals surface area contributed by atoms with Crippen LogP contribution in [-0.2, 0) is 0 Å². The molecule has 24 heavy (non-hydrogen) atoms. The van der Waals surface area contributed by atoms with Crippen LogP contribution in [0.1, 0.15) is 36.3 Å². The quantitative estimate of drug-likeness (QED) is 0.573. The van der Waals surface area contributed by atoms with Crippen molar-refractivity contribution in [2.75, 3.05) is 6.54 Å². The topological polar surface area (TPSA) is 71.0 Å². The summed E-state index contributed by atoms with van der Waals surface area (Å²) >= 11 is 5.11. The van der Waals surface area contributed by atoms with Crippen molar-refractivity contribution in [3.05, 3.63) is 47.8 Å². The predicted molar refractivity (Wildman–Crippen MR) is 99.0 cm³/mol. The maximum Gasteiger partial charge on any atom is 0.269 e. The third-order valence-corrected chi connectivity index (χ3v) is 3.75. The Labute approximate surface area is 147 Å². The number of hydrogen-bond acceptors (Lipinski definition) is 3. The molecular weight excluding hydrogens is 322 g/mol. The first-order valence-corrected chi connectivity index (χ1v) is 8.33. The van der Waals surface area contributed by atoms with Crippen molar-refractivity contribution in [2.45, 2.75) is 27.2 Å². The van der Waals surface area contributed by atoms with Gasteiger partial charge in [0.2, 0.25) is 0 Å². The molecule has 0 aliphatic rings. The average Bonchev–Trinajstić information content (AvgIpc) is 2.98. The highest BCUT2D eigenvalue weighted by atomic mass is 32.1. The fraction of sp³-hybridized carbons (Fsp3) is 0.353. The highest BCUT2D eigenvalue weighted by molar-refractivity contribution is 7.80. The molecule has 0 atom stereocenters. The lowest BCUT2D eigenvalue weighted by Gasteiger charge is -2.12. The Morgan fingerprint density at radius 3 is 2.50 bits per heavy atom. The number of nitrogens with one attached hydrogen (secondary N) is 3. The van der Waals surface area contributed by atoms with Gasteiger partial charge in [0.05, 0.1) is 5.69 Å². The lowest BCUT2D eigenvalue weighted by molar-refractivity contribution is 0.0943. The van der Waals surface area contributed by atoms with E-state index in [-0.39, 0.29) is 5.91 Å². The minimum absolute atomic E-state index is 0.244. The van der Waals surface area contributed by atoms with Gasteiger partial charge in [0.15, 0.2) is 5.11 Å². The van der Waals surface area contributed by atoms with Gasteiger partial charge in [-0.05, 0) is 61.8 Å². The van der Waals surface area contributed by atoms with Crippen LogP contribution in [-0.4, -0.2) is 27.3 Å². The van der Waals surface area contributed by atoms with Crippen LogP contribution in [0.2, 0.25) is 0 Å². The maximum absolute atomic E-state index is 12.1. The van der Waals surface area contributed by atoms with Crippen LogP contribution in [0.3, 0.4) is 0 Å². The summed E-state index contributed by atoms with van der Waals surface area (Å²) in [6, 6.07) is 9.14. The van der Waals surface area contributed by atoms with E-state index in [4.69, 9.17) is 12.2 Å². The van der Waals surface area contributed by atoms with Crippen molar-refractivity contribution in [3.8, 4) is 5.69 Å². The summed E-state index contributed by atoms with van der Waals surface area (Å²) in [5.74, 6) is 0.360. The molecular formula is C17H23N5OS. The summed E-state index contributed by atoms with van der Waals surface area (Å²) in [7, 11) is 0. The van der Waals surface area contributed by atoms with Gasteiger partial charge in [-0.2, -0.15) is 5.10 Å². The Bertz CT molecular complexity index is 693. The first-order chi connectivity index (χ1) is 11.5. The smallest absolute Gasteiger partial charge is 0.269 e. The zero-order chi connectivity index (χ0) is 17.5. The van der Waals surface area contributed by atoms with Gasteiger partial charge in [-0.1, -0.05) is 13.8 Å². The van der Waals surface area contributed by atoms with E-state index in [1.807, 2.05) is 29.8 Å². The predicted octanol–water partition coefficient (Wildman–Crippen LogP) is 2.34. The van der Waals surface area contributed by atoms with Crippen molar-refractivity contribution >= 4 is 23.2 Å². The van der Waals surface area contributed by atoms with E-state index in [1.54, 1.807) is 18.3 Å². The van der Waals surface area contributed by atoms with Crippen molar-refractivity contribution in [2.24, 2.45) is 5.92 Å². The minimum Gasteiger partial charge on any atom is -0.361 e. The van der Waals surface area contributed by atoms with Crippen LogP contribution in [0.15, 0.2) is 36.5 Å². The molecule has 1 aromatic carbocycles. The lowest BCUT2D eigenvalue weighted by Crippen LogP contribution is -2.47. The van der Waals surface area contributed by atoms with Gasteiger partial charge in [0.25, 0.3) is 5.91 Å². The molecule has 1 amide bonds. The lowest BCUT2D eigenvalue weighted by atomic mass is 10.1. The number of carbonyl (C=O) groups is 1. The Morgan fingerprint density at radius 2 is 1.92 bits per heavy atom. The molecule has 1 aromatic heterocycles. The molecule has 0 unspecified atom stereocenters. The SMILES string of the molecule is Cc1ccnn1-c1ccc(C(=O)NNC(=S)NCCC(C)C)cc1. The molecule has 3 N–H and O–H groups in total. The normalized spacial score (nSPS) is 10.5. The van der Waals surface area contributed by atoms with Crippen LogP contribution in [0.4, 0.5) is 0 Å². The largest absolute Gasteiger partial charge is 0.361 e. The molecule has 0 radical (unpaired) electrons. The second kappa shape index (κ2) is 8.44. The number of benzene rings is 1. The fourth-order valence-corrected chi connectivity index (χ4v) is 2.25. The van der Waals surface area contributed by atoms with Crippen LogP contribution < -0.4 is 16.2 Å². The molecule has 1 heterocycles. The van der Waals surface area contributed by atoms with Gasteiger partial charge in [0.1, 0.15) is 0 Å². The summed E-state index contributed by atoms with van der Waals surface area (Å²) in [5.41, 5.74) is 7.78. The van der Waals surface area contributed by atoms with Crippen LogP contribution >= 0.6 is 12.2 Å². The van der Waals surface area contributed by atoms with E-state index < -0.39 is 0 Å². The Kier molecular flexibility index (Phi) is 6.31. The Morgan fingerprint density at radius 1 is 1.21 bits per heavy atom. The van der Waals surface area contributed by atoms with Crippen molar-refractivity contribution < 1.29 is 4.79 Å². The number of nitrogens with zero attached hydrogens (tertiary/aromatic N) is 2. The molecule has 0 aliphatic heterocycles. The van der Waals surface area contributed by atoms with E-state index in [9.17, 15) is 4.79 Å². The van der Waals surface area contributed by atoms with E-state index in [0.717, 1.165) is 24.3 Å². The van der Waals surface area contributed by atoms with Crippen molar-refractivity contribution in [1.82, 2.24) is 25.9 Å². The molecule has 128 valence electrons. The Hall–Kier alpha value is -2.41. The second-order valence-corrected chi connectivity index (χ2v) is 6.36. The van der Waals surface area contributed by atoms with Crippen LogP contribution in [0.25, 0.3) is 5.69 Å². The van der Waals surface area contributed by atoms with Crippen molar-refractivity contribution in [3.63, 3.8) is 0 Å². The number of hydrogen-bond donors (Lipinski definition) is 3. The molecule has 6 nitrogen and oxygen atoms in total. The number of amides is 1. The van der Waals surface area contributed by atoms with Crippen LogP contribution in [0, 0.1) is 12.8 Å². The van der Waals surface area contributed by atoms with Gasteiger partial charge in [-0.3, -0.25) is 15.6 Å². The van der Waals surface area contributed by atoms with Gasteiger partial charge in [-0.15, -0.1) is 0 Å². The fourth-order valence-electron chi connectivity index (χ4n) is 2.10. The Balaban J connectivity index is 1.85. The van der Waals surface area contributed by atoms with E-state index in [2.05, 4.69) is 35.1 Å². The third-order valence-electron chi connectivity index (χ3n) is 3.50. The summed E-state index contributed by atoms with van der Waals surface area (Å²) in [6.45, 7) is 7.05. The molecule has 0 spiro atoms. The molecule has 0 saturated carbocycles. The monoisotopic (exact) mass is 345 g/mol. The summed E-state index contributed by atoms with van der Waals surface area (Å²) < 4.78 is 1.81. The molecule has 0 saturated heterocycles. The highest BCUT2D eigenvalue weighted by Gasteiger charge is 2.07. The summed E-state index contributed by atoms with van der Waals surface area (Å²) in [5, 5.41) is 7.70. The van der Waals surface area contributed by atoms with Crippen LogP contribution in [0.5, 0.6) is 0 Å². The third kappa shape index (κ3) is 5.06. The first kappa shape index (κ1) is 17.9. The number of thiocarbonyl (C=S) groups is 1. The van der Waals surface area contributed by atoms with E-state index in [0.29, 0.717) is 16.6 Å². The molecule has 0 fully saturated rings. The average molecular weight is 345 g/mol. The number of aryl methyl sites for hydroxylation is 1. The zero-order valence-corrected chi connectivity index (χ0v) is 15.0. The highest BCUT2D eigenvalue weighted by Crippen LogP contribution is 2.11. The van der Waals surface area contributed by atoms with Gasteiger partial charge in [0, 0.05) is 24.0 Å². The molecule has 2 rings (SSSR count). The number of carbonyl (C=O) groups excluding carboxylic acids is 1. The number of hydrazine groups is 1. The van der Waals surface area contributed by atoms with Gasteiger partial charge in [-0.25, -0.2) is 4.68 Å².